The molecule has 1 aliphatic rings. The predicted octanol–water partition coefficient (Wildman–Crippen LogP) is 3.33. The van der Waals surface area contributed by atoms with E-state index in [2.05, 4.69) is 5.32 Å². The Labute approximate surface area is 141 Å². The van der Waals surface area contributed by atoms with Gasteiger partial charge in [-0.3, -0.25) is 0 Å². The molecule has 3 rings (SSSR count). The molecule has 2 aromatic carbocycles. The Hall–Kier alpha value is -2.11. The van der Waals surface area contributed by atoms with E-state index in [1.54, 1.807) is 12.1 Å². The molecular weight excluding hydrogens is 309 g/mol. The fourth-order valence-corrected chi connectivity index (χ4v) is 2.78. The van der Waals surface area contributed by atoms with Gasteiger partial charge >= 0.3 is 0 Å². The summed E-state index contributed by atoms with van der Waals surface area (Å²) in [6, 6.07) is 14.6. The Bertz CT molecular complexity index is 644. The first-order valence-corrected chi connectivity index (χ1v) is 8.25. The van der Waals surface area contributed by atoms with Gasteiger partial charge in [0, 0.05) is 13.1 Å². The second-order valence-corrected chi connectivity index (χ2v) is 5.56. The number of morpholine rings is 1. The minimum Gasteiger partial charge on any atom is -0.487 e. The van der Waals surface area contributed by atoms with Crippen LogP contribution in [0.2, 0.25) is 0 Å². The summed E-state index contributed by atoms with van der Waals surface area (Å²) in [5.41, 5.74) is 0.984. The first-order chi connectivity index (χ1) is 11.8. The van der Waals surface area contributed by atoms with Crippen LogP contribution in [0.25, 0.3) is 0 Å². The van der Waals surface area contributed by atoms with Crippen molar-refractivity contribution in [3.05, 3.63) is 59.9 Å². The number of hydrogen-bond acceptors (Lipinski definition) is 4. The van der Waals surface area contributed by atoms with Crippen LogP contribution in [0.3, 0.4) is 0 Å². The summed E-state index contributed by atoms with van der Waals surface area (Å²) in [6.45, 7) is 4.31. The molecule has 24 heavy (non-hydrogen) atoms. The molecule has 0 bridgehead atoms. The molecule has 5 heteroatoms. The Morgan fingerprint density at radius 2 is 2.04 bits per heavy atom. The van der Waals surface area contributed by atoms with Crippen LogP contribution in [0.15, 0.2) is 48.5 Å². The summed E-state index contributed by atoms with van der Waals surface area (Å²) in [7, 11) is 0. The molecule has 1 saturated heterocycles. The fourth-order valence-electron chi connectivity index (χ4n) is 2.78. The van der Waals surface area contributed by atoms with Crippen molar-refractivity contribution < 1.29 is 18.6 Å². The van der Waals surface area contributed by atoms with Crippen LogP contribution in [-0.4, -0.2) is 32.4 Å². The highest BCUT2D eigenvalue weighted by Crippen LogP contribution is 2.35. The topological polar surface area (TPSA) is 39.7 Å². The molecular formula is C19H22FNO3. The summed E-state index contributed by atoms with van der Waals surface area (Å²) < 4.78 is 31.6. The zero-order valence-corrected chi connectivity index (χ0v) is 13.7. The summed E-state index contributed by atoms with van der Waals surface area (Å²) in [4.78, 5) is 0. The molecule has 1 N–H and O–H groups in total. The fraction of sp³-hybridized carbons (Fsp3) is 0.368. The quantitative estimate of drug-likeness (QED) is 0.881. The lowest BCUT2D eigenvalue weighted by atomic mass is 10.0. The van der Waals surface area contributed by atoms with E-state index < -0.39 is 5.82 Å². The maximum Gasteiger partial charge on any atom is 0.197 e. The van der Waals surface area contributed by atoms with Gasteiger partial charge < -0.3 is 19.5 Å². The average Bonchev–Trinajstić information content (AvgIpc) is 2.64. The summed E-state index contributed by atoms with van der Waals surface area (Å²) in [5.74, 6) is 0.105. The van der Waals surface area contributed by atoms with Crippen LogP contribution in [0.5, 0.6) is 11.5 Å². The van der Waals surface area contributed by atoms with E-state index in [0.29, 0.717) is 25.5 Å². The third kappa shape index (κ3) is 3.86. The number of benzene rings is 2. The molecule has 0 radical (unpaired) electrons. The van der Waals surface area contributed by atoms with Gasteiger partial charge in [-0.25, -0.2) is 4.39 Å². The van der Waals surface area contributed by atoms with Gasteiger partial charge in [0.15, 0.2) is 23.4 Å². The number of ether oxygens (including phenoxy) is 3. The Morgan fingerprint density at radius 3 is 2.75 bits per heavy atom. The lowest BCUT2D eigenvalue weighted by Gasteiger charge is -2.32. The van der Waals surface area contributed by atoms with Crippen molar-refractivity contribution >= 4 is 0 Å². The summed E-state index contributed by atoms with van der Waals surface area (Å²) >= 11 is 0. The van der Waals surface area contributed by atoms with E-state index in [9.17, 15) is 4.39 Å². The molecule has 2 atom stereocenters. The Balaban J connectivity index is 1.91. The standard InChI is InChI=1S/C19H22FNO3/c1-2-22-19-15(20)9-6-10-16(19)24-18(14-7-4-3-5-8-14)17-13-21-11-12-23-17/h3-10,17-18,21H,2,11-13H2,1H3. The minimum absolute atomic E-state index is 0.143. The highest BCUT2D eigenvalue weighted by Gasteiger charge is 2.29. The SMILES string of the molecule is CCOc1c(F)cccc1OC(c1ccccc1)C1CNCCO1. The molecule has 0 aliphatic carbocycles. The number of rotatable bonds is 6. The normalized spacial score (nSPS) is 18.8. The third-order valence-corrected chi connectivity index (χ3v) is 3.90. The second kappa shape index (κ2) is 8.13. The van der Waals surface area contributed by atoms with Crippen LogP contribution < -0.4 is 14.8 Å². The minimum atomic E-state index is -0.427. The molecule has 0 aromatic heterocycles. The van der Waals surface area contributed by atoms with Gasteiger partial charge in [-0.2, -0.15) is 0 Å². The smallest absolute Gasteiger partial charge is 0.197 e. The monoisotopic (exact) mass is 331 g/mol. The van der Waals surface area contributed by atoms with Crippen molar-refractivity contribution in [1.29, 1.82) is 0 Å². The molecule has 1 heterocycles. The Kier molecular flexibility index (Phi) is 5.67. The molecule has 0 amide bonds. The van der Waals surface area contributed by atoms with E-state index in [0.717, 1.165) is 12.1 Å². The third-order valence-electron chi connectivity index (χ3n) is 3.90. The van der Waals surface area contributed by atoms with E-state index in [1.165, 1.54) is 6.07 Å². The predicted molar refractivity (Wildman–Crippen MR) is 90.0 cm³/mol. The second-order valence-electron chi connectivity index (χ2n) is 5.56. The lowest BCUT2D eigenvalue weighted by molar-refractivity contribution is -0.0440. The van der Waals surface area contributed by atoms with Crippen molar-refractivity contribution in [2.75, 3.05) is 26.3 Å². The van der Waals surface area contributed by atoms with Crippen molar-refractivity contribution in [1.82, 2.24) is 5.32 Å². The number of para-hydroxylation sites is 1. The first-order valence-electron chi connectivity index (χ1n) is 8.25. The van der Waals surface area contributed by atoms with Gasteiger partial charge in [-0.15, -0.1) is 0 Å². The van der Waals surface area contributed by atoms with Gasteiger partial charge in [0.2, 0.25) is 0 Å². The van der Waals surface area contributed by atoms with Gasteiger partial charge in [-0.05, 0) is 24.6 Å². The molecule has 1 fully saturated rings. The average molecular weight is 331 g/mol. The van der Waals surface area contributed by atoms with Crippen LogP contribution in [-0.2, 0) is 4.74 Å². The van der Waals surface area contributed by atoms with Crippen molar-refractivity contribution in [3.63, 3.8) is 0 Å². The van der Waals surface area contributed by atoms with Crippen LogP contribution in [0.1, 0.15) is 18.6 Å². The van der Waals surface area contributed by atoms with Gasteiger partial charge in [0.25, 0.3) is 0 Å². The molecule has 2 aromatic rings. The molecule has 0 saturated carbocycles. The Morgan fingerprint density at radius 1 is 1.21 bits per heavy atom. The number of hydrogen-bond donors (Lipinski definition) is 1. The van der Waals surface area contributed by atoms with E-state index in [4.69, 9.17) is 14.2 Å². The first kappa shape index (κ1) is 16.7. The zero-order valence-electron chi connectivity index (χ0n) is 13.7. The molecule has 128 valence electrons. The van der Waals surface area contributed by atoms with E-state index >= 15 is 0 Å². The van der Waals surface area contributed by atoms with Gasteiger partial charge in [0.1, 0.15) is 6.10 Å². The van der Waals surface area contributed by atoms with Crippen LogP contribution in [0.4, 0.5) is 4.39 Å². The van der Waals surface area contributed by atoms with Crippen LogP contribution >= 0.6 is 0 Å². The number of halogens is 1. The highest BCUT2D eigenvalue weighted by atomic mass is 19.1. The lowest BCUT2D eigenvalue weighted by Crippen LogP contribution is -2.43. The molecule has 0 spiro atoms. The maximum atomic E-state index is 14.1. The molecule has 2 unspecified atom stereocenters. The van der Waals surface area contributed by atoms with Gasteiger partial charge in [0.05, 0.1) is 13.2 Å². The maximum absolute atomic E-state index is 14.1. The largest absolute Gasteiger partial charge is 0.487 e. The summed E-state index contributed by atoms with van der Waals surface area (Å²) in [5, 5.41) is 3.31. The van der Waals surface area contributed by atoms with Crippen molar-refractivity contribution in [2.24, 2.45) is 0 Å². The number of nitrogens with one attached hydrogen (secondary N) is 1. The molecule has 4 nitrogen and oxygen atoms in total. The van der Waals surface area contributed by atoms with Crippen molar-refractivity contribution in [3.8, 4) is 11.5 Å². The van der Waals surface area contributed by atoms with Crippen LogP contribution in [0, 0.1) is 5.82 Å². The molecule has 1 aliphatic heterocycles. The summed E-state index contributed by atoms with van der Waals surface area (Å²) in [6.07, 6.45) is -0.501. The van der Waals surface area contributed by atoms with E-state index in [-0.39, 0.29) is 18.0 Å². The van der Waals surface area contributed by atoms with Crippen molar-refractivity contribution in [2.45, 2.75) is 19.1 Å². The zero-order chi connectivity index (χ0) is 16.8. The highest BCUT2D eigenvalue weighted by molar-refractivity contribution is 5.41. The van der Waals surface area contributed by atoms with Gasteiger partial charge in [-0.1, -0.05) is 36.4 Å². The van der Waals surface area contributed by atoms with E-state index in [1.807, 2.05) is 37.3 Å².